The van der Waals surface area contributed by atoms with Gasteiger partial charge < -0.3 is 19.3 Å². The van der Waals surface area contributed by atoms with E-state index in [1.807, 2.05) is 23.1 Å². The van der Waals surface area contributed by atoms with Crippen molar-refractivity contribution in [3.05, 3.63) is 58.1 Å². The summed E-state index contributed by atoms with van der Waals surface area (Å²) < 4.78 is 11.5. The van der Waals surface area contributed by atoms with E-state index >= 15 is 0 Å². The van der Waals surface area contributed by atoms with E-state index in [1.54, 1.807) is 18.2 Å². The molecule has 1 saturated carbocycles. The van der Waals surface area contributed by atoms with Crippen LogP contribution in [-0.2, 0) is 20.9 Å². The van der Waals surface area contributed by atoms with Gasteiger partial charge in [-0.2, -0.15) is 0 Å². The van der Waals surface area contributed by atoms with E-state index in [0.29, 0.717) is 22.6 Å². The molecule has 2 aromatic rings. The molecule has 1 saturated heterocycles. The molecule has 2 heterocycles. The molecule has 2 aromatic carbocycles. The largest absolute Gasteiger partial charge is 0.374 e. The summed E-state index contributed by atoms with van der Waals surface area (Å²) in [5.74, 6) is -0.0511. The number of anilines is 2. The van der Waals surface area contributed by atoms with Gasteiger partial charge in [0.2, 0.25) is 0 Å². The molecule has 7 heteroatoms. The Morgan fingerprint density at radius 3 is 2.55 bits per heavy atom. The Morgan fingerprint density at radius 1 is 1.10 bits per heavy atom. The summed E-state index contributed by atoms with van der Waals surface area (Å²) >= 11 is 12.3. The van der Waals surface area contributed by atoms with Gasteiger partial charge >= 0.3 is 0 Å². The van der Waals surface area contributed by atoms with Gasteiger partial charge in [-0.1, -0.05) is 35.3 Å². The first kappa shape index (κ1) is 19.2. The molecule has 5 rings (SSSR count). The molecule has 0 N–H and O–H groups in total. The van der Waals surface area contributed by atoms with Gasteiger partial charge in [-0.05, 0) is 48.7 Å². The second kappa shape index (κ2) is 7.47. The summed E-state index contributed by atoms with van der Waals surface area (Å²) in [5, 5.41) is 1.16. The highest BCUT2D eigenvalue weighted by Crippen LogP contribution is 2.41. The number of halogens is 2. The molecular weight excluding hydrogens is 411 g/mol. The first-order chi connectivity index (χ1) is 14.1. The minimum Gasteiger partial charge on any atom is -0.374 e. The minimum atomic E-state index is -0.986. The van der Waals surface area contributed by atoms with Gasteiger partial charge in [0.15, 0.2) is 5.60 Å². The van der Waals surface area contributed by atoms with Gasteiger partial charge in [-0.25, -0.2) is 0 Å². The van der Waals surface area contributed by atoms with E-state index in [1.165, 1.54) is 12.8 Å². The number of carbonyl (C=O) groups excluding carboxylic acids is 1. The van der Waals surface area contributed by atoms with Crippen molar-refractivity contribution in [1.82, 2.24) is 0 Å². The molecular formula is C22H22Cl2N2O3. The number of hydrogen-bond acceptors (Lipinski definition) is 4. The molecule has 0 atom stereocenters. The summed E-state index contributed by atoms with van der Waals surface area (Å²) in [4.78, 5) is 17.9. The highest BCUT2D eigenvalue weighted by Gasteiger charge is 2.51. The summed E-state index contributed by atoms with van der Waals surface area (Å²) in [5.41, 5.74) is 1.85. The number of amides is 1. The summed E-state index contributed by atoms with van der Waals surface area (Å²) in [6, 6.07) is 14.0. The van der Waals surface area contributed by atoms with Crippen LogP contribution in [0.4, 0.5) is 11.4 Å². The third-order valence-electron chi connectivity index (χ3n) is 5.85. The molecule has 1 aliphatic carbocycles. The Hall–Kier alpha value is -1.79. The standard InChI is InChI=1S/C22H22Cl2N2O3/c23-16-5-8-18(24)15(11-16)12-29-22(13-28-14-22)21(27)26-10-9-25(17-6-7-17)19-3-1-2-4-20(19)26/h1-5,8,11,17H,6-7,9-10,12-14H2. The maximum absolute atomic E-state index is 13.6. The van der Waals surface area contributed by atoms with Crippen molar-refractivity contribution in [1.29, 1.82) is 0 Å². The van der Waals surface area contributed by atoms with E-state index in [-0.39, 0.29) is 25.7 Å². The predicted octanol–water partition coefficient (Wildman–Crippen LogP) is 4.29. The zero-order chi connectivity index (χ0) is 20.0. The van der Waals surface area contributed by atoms with E-state index in [2.05, 4.69) is 11.0 Å². The van der Waals surface area contributed by atoms with Gasteiger partial charge in [0.25, 0.3) is 5.91 Å². The summed E-state index contributed by atoms with van der Waals surface area (Å²) in [6.07, 6.45) is 2.45. The van der Waals surface area contributed by atoms with Crippen molar-refractivity contribution in [2.75, 3.05) is 36.1 Å². The summed E-state index contributed by atoms with van der Waals surface area (Å²) in [6.45, 7) is 2.18. The van der Waals surface area contributed by atoms with Crippen LogP contribution in [0.5, 0.6) is 0 Å². The number of nitrogens with zero attached hydrogens (tertiary/aromatic N) is 2. The molecule has 152 valence electrons. The van der Waals surface area contributed by atoms with Crippen LogP contribution in [0.15, 0.2) is 42.5 Å². The van der Waals surface area contributed by atoms with Crippen LogP contribution in [0, 0.1) is 0 Å². The molecule has 0 unspecified atom stereocenters. The van der Waals surface area contributed by atoms with Crippen LogP contribution in [-0.4, -0.2) is 43.9 Å². The van der Waals surface area contributed by atoms with Gasteiger partial charge in [0.05, 0.1) is 31.2 Å². The van der Waals surface area contributed by atoms with Crippen LogP contribution in [0.25, 0.3) is 0 Å². The van der Waals surface area contributed by atoms with Crippen molar-refractivity contribution >= 4 is 40.5 Å². The van der Waals surface area contributed by atoms with Crippen molar-refractivity contribution in [3.8, 4) is 0 Å². The predicted molar refractivity (Wildman–Crippen MR) is 114 cm³/mol. The maximum atomic E-state index is 13.6. The Labute approximate surface area is 180 Å². The van der Waals surface area contributed by atoms with Gasteiger partial charge in [-0.3, -0.25) is 4.79 Å². The smallest absolute Gasteiger partial charge is 0.264 e. The Morgan fingerprint density at radius 2 is 1.86 bits per heavy atom. The van der Waals surface area contributed by atoms with Crippen molar-refractivity contribution in [3.63, 3.8) is 0 Å². The third kappa shape index (κ3) is 3.50. The fraction of sp³-hybridized carbons (Fsp3) is 0.409. The lowest BCUT2D eigenvalue weighted by atomic mass is 9.98. The van der Waals surface area contributed by atoms with Gasteiger partial charge in [0, 0.05) is 29.2 Å². The van der Waals surface area contributed by atoms with Crippen LogP contribution in [0.1, 0.15) is 18.4 Å². The lowest BCUT2D eigenvalue weighted by molar-refractivity contribution is -0.212. The van der Waals surface area contributed by atoms with Crippen molar-refractivity contribution < 1.29 is 14.3 Å². The average molecular weight is 433 g/mol. The highest BCUT2D eigenvalue weighted by atomic mass is 35.5. The van der Waals surface area contributed by atoms with Crippen LogP contribution in [0.2, 0.25) is 10.0 Å². The van der Waals surface area contributed by atoms with Crippen molar-refractivity contribution in [2.24, 2.45) is 0 Å². The number of benzene rings is 2. The van der Waals surface area contributed by atoms with E-state index in [0.717, 1.165) is 23.5 Å². The topological polar surface area (TPSA) is 42.0 Å². The highest BCUT2D eigenvalue weighted by molar-refractivity contribution is 6.33. The Bertz CT molecular complexity index is 943. The molecule has 3 aliphatic rings. The number of rotatable bonds is 5. The lowest BCUT2D eigenvalue weighted by Gasteiger charge is -2.45. The van der Waals surface area contributed by atoms with E-state index < -0.39 is 5.60 Å². The van der Waals surface area contributed by atoms with Crippen molar-refractivity contribution in [2.45, 2.75) is 31.1 Å². The molecule has 2 fully saturated rings. The second-order valence-corrected chi connectivity index (χ2v) is 8.73. The molecule has 1 amide bonds. The monoisotopic (exact) mass is 432 g/mol. The Balaban J connectivity index is 1.38. The first-order valence-corrected chi connectivity index (χ1v) is 10.7. The molecule has 0 aromatic heterocycles. The molecule has 0 radical (unpaired) electrons. The maximum Gasteiger partial charge on any atom is 0.264 e. The number of para-hydroxylation sites is 2. The quantitative estimate of drug-likeness (QED) is 0.706. The molecule has 29 heavy (non-hydrogen) atoms. The summed E-state index contributed by atoms with van der Waals surface area (Å²) in [7, 11) is 0. The molecule has 0 spiro atoms. The van der Waals surface area contributed by atoms with Crippen LogP contribution in [0.3, 0.4) is 0 Å². The molecule has 5 nitrogen and oxygen atoms in total. The van der Waals surface area contributed by atoms with Gasteiger partial charge in [0.1, 0.15) is 0 Å². The number of ether oxygens (including phenoxy) is 2. The zero-order valence-electron chi connectivity index (χ0n) is 15.9. The third-order valence-corrected chi connectivity index (χ3v) is 6.46. The first-order valence-electron chi connectivity index (χ1n) is 9.91. The Kier molecular flexibility index (Phi) is 4.95. The normalized spacial score (nSPS) is 20.2. The van der Waals surface area contributed by atoms with Gasteiger partial charge in [-0.15, -0.1) is 0 Å². The SMILES string of the molecule is O=C(N1CCN(C2CC2)c2ccccc21)C1(OCc2cc(Cl)ccc2Cl)COC1. The lowest BCUT2D eigenvalue weighted by Crippen LogP contribution is -2.64. The van der Waals surface area contributed by atoms with E-state index in [9.17, 15) is 4.79 Å². The zero-order valence-corrected chi connectivity index (χ0v) is 17.5. The van der Waals surface area contributed by atoms with Crippen LogP contribution < -0.4 is 9.80 Å². The average Bonchev–Trinajstić information content (AvgIpc) is 3.54. The minimum absolute atomic E-state index is 0.0511. The second-order valence-electron chi connectivity index (χ2n) is 7.88. The fourth-order valence-electron chi connectivity index (χ4n) is 4.03. The number of fused-ring (bicyclic) bond motifs is 1. The fourth-order valence-corrected chi connectivity index (χ4v) is 4.40. The molecule has 0 bridgehead atoms. The number of carbonyl (C=O) groups is 1. The number of hydrogen-bond donors (Lipinski definition) is 0. The molecule has 2 aliphatic heterocycles. The van der Waals surface area contributed by atoms with Crippen LogP contribution >= 0.6 is 23.2 Å². The van der Waals surface area contributed by atoms with E-state index in [4.69, 9.17) is 32.7 Å².